The van der Waals surface area contributed by atoms with E-state index in [0.29, 0.717) is 19.6 Å². The highest BCUT2D eigenvalue weighted by Gasteiger charge is 2.39. The van der Waals surface area contributed by atoms with Crippen molar-refractivity contribution in [3.8, 4) is 0 Å². The highest BCUT2D eigenvalue weighted by molar-refractivity contribution is 5.91. The summed E-state index contributed by atoms with van der Waals surface area (Å²) in [5.41, 5.74) is 2.24. The molecule has 1 amide bonds. The van der Waals surface area contributed by atoms with Gasteiger partial charge in [0.25, 0.3) is 0 Å². The molecular formula is C17H21NO4. The van der Waals surface area contributed by atoms with Crippen molar-refractivity contribution < 1.29 is 19.1 Å². The fourth-order valence-corrected chi connectivity index (χ4v) is 2.65. The van der Waals surface area contributed by atoms with E-state index in [0.717, 1.165) is 5.56 Å². The summed E-state index contributed by atoms with van der Waals surface area (Å²) in [5.74, 6) is -0.700. The first-order chi connectivity index (χ1) is 10.5. The molecule has 2 rings (SSSR count). The lowest BCUT2D eigenvalue weighted by atomic mass is 10.1. The molecule has 1 aliphatic heterocycles. The SMILES string of the molecule is C=CC(=O)N1C[C@H](OCc2cccc(C)c2)C[C@H]1C(=O)OC. The molecule has 1 fully saturated rings. The number of likely N-dealkylation sites (tertiary alicyclic amines) is 1. The molecule has 0 saturated carbocycles. The van der Waals surface area contributed by atoms with Crippen LogP contribution in [0.25, 0.3) is 0 Å². The van der Waals surface area contributed by atoms with Crippen molar-refractivity contribution in [2.75, 3.05) is 13.7 Å². The van der Waals surface area contributed by atoms with Crippen LogP contribution in [0.15, 0.2) is 36.9 Å². The normalized spacial score (nSPS) is 20.7. The van der Waals surface area contributed by atoms with Crippen LogP contribution < -0.4 is 0 Å². The number of esters is 1. The summed E-state index contributed by atoms with van der Waals surface area (Å²) in [6.07, 6.45) is 1.46. The Kier molecular flexibility index (Phi) is 5.33. The molecule has 1 aromatic rings. The van der Waals surface area contributed by atoms with E-state index >= 15 is 0 Å². The van der Waals surface area contributed by atoms with Crippen molar-refractivity contribution in [3.05, 3.63) is 48.0 Å². The molecule has 0 unspecified atom stereocenters. The number of rotatable bonds is 5. The third-order valence-electron chi connectivity index (χ3n) is 3.76. The highest BCUT2D eigenvalue weighted by atomic mass is 16.5. The molecule has 1 heterocycles. The number of benzene rings is 1. The van der Waals surface area contributed by atoms with Crippen LogP contribution in [0.1, 0.15) is 17.5 Å². The molecule has 118 valence electrons. The molecule has 0 aliphatic carbocycles. The summed E-state index contributed by atoms with van der Waals surface area (Å²) in [7, 11) is 1.32. The molecule has 0 N–H and O–H groups in total. The Morgan fingerprint density at radius 2 is 2.23 bits per heavy atom. The number of hydrogen-bond donors (Lipinski definition) is 0. The summed E-state index contributed by atoms with van der Waals surface area (Å²) < 4.78 is 10.6. The molecule has 0 bridgehead atoms. The Labute approximate surface area is 130 Å². The van der Waals surface area contributed by atoms with Crippen molar-refractivity contribution in [1.29, 1.82) is 0 Å². The maximum absolute atomic E-state index is 11.9. The average Bonchev–Trinajstić information content (AvgIpc) is 2.96. The Bertz CT molecular complexity index is 570. The summed E-state index contributed by atoms with van der Waals surface area (Å²) in [4.78, 5) is 25.1. The second-order valence-electron chi connectivity index (χ2n) is 5.39. The van der Waals surface area contributed by atoms with Crippen molar-refractivity contribution in [1.82, 2.24) is 4.90 Å². The summed E-state index contributed by atoms with van der Waals surface area (Å²) in [6, 6.07) is 7.45. The lowest BCUT2D eigenvalue weighted by Gasteiger charge is -2.20. The molecule has 0 aromatic heterocycles. The maximum atomic E-state index is 11.9. The first-order valence-electron chi connectivity index (χ1n) is 7.23. The Hall–Kier alpha value is -2.14. The van der Waals surface area contributed by atoms with Gasteiger partial charge in [0.15, 0.2) is 0 Å². The third kappa shape index (κ3) is 3.74. The first-order valence-corrected chi connectivity index (χ1v) is 7.23. The number of carbonyl (C=O) groups excluding carboxylic acids is 2. The molecule has 5 nitrogen and oxygen atoms in total. The van der Waals surface area contributed by atoms with Gasteiger partial charge in [-0.25, -0.2) is 4.79 Å². The van der Waals surface area contributed by atoms with Gasteiger partial charge in [-0.1, -0.05) is 36.4 Å². The second-order valence-corrected chi connectivity index (χ2v) is 5.39. The minimum absolute atomic E-state index is 0.187. The van der Waals surface area contributed by atoms with Gasteiger partial charge in [-0.05, 0) is 18.6 Å². The van der Waals surface area contributed by atoms with Crippen LogP contribution in [0.2, 0.25) is 0 Å². The average molecular weight is 303 g/mol. The van der Waals surface area contributed by atoms with Gasteiger partial charge in [-0.15, -0.1) is 0 Å². The number of hydrogen-bond acceptors (Lipinski definition) is 4. The van der Waals surface area contributed by atoms with Crippen LogP contribution in [0.3, 0.4) is 0 Å². The second kappa shape index (κ2) is 7.22. The smallest absolute Gasteiger partial charge is 0.328 e. The van der Waals surface area contributed by atoms with E-state index in [1.54, 1.807) is 0 Å². The topological polar surface area (TPSA) is 55.8 Å². The van der Waals surface area contributed by atoms with E-state index in [9.17, 15) is 9.59 Å². The monoisotopic (exact) mass is 303 g/mol. The third-order valence-corrected chi connectivity index (χ3v) is 3.76. The van der Waals surface area contributed by atoms with Crippen molar-refractivity contribution in [3.63, 3.8) is 0 Å². The fraction of sp³-hybridized carbons (Fsp3) is 0.412. The standard InChI is InChI=1S/C17H21NO4/c1-4-16(19)18-10-14(9-15(18)17(20)21-3)22-11-13-7-5-6-12(2)8-13/h4-8,14-15H,1,9-11H2,2-3H3/t14-,15+/m1/s1. The van der Waals surface area contributed by atoms with Crippen LogP contribution in [0.5, 0.6) is 0 Å². The van der Waals surface area contributed by atoms with E-state index in [4.69, 9.17) is 9.47 Å². The van der Waals surface area contributed by atoms with E-state index in [1.807, 2.05) is 25.1 Å². The van der Waals surface area contributed by atoms with Crippen LogP contribution in [0, 0.1) is 6.92 Å². The number of nitrogens with zero attached hydrogens (tertiary/aromatic N) is 1. The van der Waals surface area contributed by atoms with Crippen LogP contribution in [-0.2, 0) is 25.7 Å². The molecule has 1 saturated heterocycles. The number of aryl methyl sites for hydroxylation is 1. The minimum Gasteiger partial charge on any atom is -0.467 e. The van der Waals surface area contributed by atoms with E-state index in [2.05, 4.69) is 12.6 Å². The number of ether oxygens (including phenoxy) is 2. The highest BCUT2D eigenvalue weighted by Crippen LogP contribution is 2.23. The zero-order valence-electron chi connectivity index (χ0n) is 13.0. The van der Waals surface area contributed by atoms with Gasteiger partial charge < -0.3 is 14.4 Å². The fourth-order valence-electron chi connectivity index (χ4n) is 2.65. The summed E-state index contributed by atoms with van der Waals surface area (Å²) in [6.45, 7) is 6.32. The van der Waals surface area contributed by atoms with E-state index in [-0.39, 0.29) is 12.0 Å². The van der Waals surface area contributed by atoms with Gasteiger partial charge >= 0.3 is 5.97 Å². The van der Waals surface area contributed by atoms with Crippen molar-refractivity contribution >= 4 is 11.9 Å². The summed E-state index contributed by atoms with van der Waals surface area (Å²) >= 11 is 0. The largest absolute Gasteiger partial charge is 0.467 e. The van der Waals surface area contributed by atoms with Gasteiger partial charge in [0.05, 0.1) is 19.8 Å². The number of carbonyl (C=O) groups is 2. The minimum atomic E-state index is -0.599. The predicted molar refractivity (Wildman–Crippen MR) is 82.1 cm³/mol. The number of amides is 1. The molecule has 2 atom stereocenters. The molecule has 0 spiro atoms. The molecule has 22 heavy (non-hydrogen) atoms. The summed E-state index contributed by atoms with van der Waals surface area (Å²) in [5, 5.41) is 0. The quantitative estimate of drug-likeness (QED) is 0.615. The Morgan fingerprint density at radius 1 is 1.45 bits per heavy atom. The molecule has 1 aliphatic rings. The molecule has 0 radical (unpaired) electrons. The predicted octanol–water partition coefficient (Wildman–Crippen LogP) is 1.84. The van der Waals surface area contributed by atoms with Gasteiger partial charge in [0, 0.05) is 13.0 Å². The Morgan fingerprint density at radius 3 is 2.86 bits per heavy atom. The zero-order valence-corrected chi connectivity index (χ0v) is 13.0. The Balaban J connectivity index is 1.99. The molecule has 5 heteroatoms. The van der Waals surface area contributed by atoms with Gasteiger partial charge in [-0.2, -0.15) is 0 Å². The zero-order chi connectivity index (χ0) is 16.1. The van der Waals surface area contributed by atoms with Crippen molar-refractivity contribution in [2.24, 2.45) is 0 Å². The van der Waals surface area contributed by atoms with Gasteiger partial charge in [-0.3, -0.25) is 4.79 Å². The first kappa shape index (κ1) is 16.2. The van der Waals surface area contributed by atoms with Crippen LogP contribution in [-0.4, -0.2) is 42.6 Å². The lowest BCUT2D eigenvalue weighted by molar-refractivity contribution is -0.149. The molecule has 1 aromatic carbocycles. The van der Waals surface area contributed by atoms with Crippen LogP contribution in [0.4, 0.5) is 0 Å². The number of methoxy groups -OCH3 is 1. The lowest BCUT2D eigenvalue weighted by Crippen LogP contribution is -2.40. The molecular weight excluding hydrogens is 282 g/mol. The van der Waals surface area contributed by atoms with Gasteiger partial charge in [0.2, 0.25) is 5.91 Å². The van der Waals surface area contributed by atoms with Crippen molar-refractivity contribution in [2.45, 2.75) is 32.1 Å². The van der Waals surface area contributed by atoms with E-state index in [1.165, 1.54) is 23.6 Å². The maximum Gasteiger partial charge on any atom is 0.328 e. The van der Waals surface area contributed by atoms with E-state index < -0.39 is 12.0 Å². The van der Waals surface area contributed by atoms with Crippen LogP contribution >= 0.6 is 0 Å². The van der Waals surface area contributed by atoms with Gasteiger partial charge in [0.1, 0.15) is 6.04 Å².